The van der Waals surface area contributed by atoms with Crippen molar-refractivity contribution < 1.29 is 0 Å². The maximum absolute atomic E-state index is 2.44. The minimum absolute atomic E-state index is 1.11. The molecule has 0 heteroatoms. The fraction of sp³-hybridized carbons (Fsp3) is 0.316. The predicted molar refractivity (Wildman–Crippen MR) is 163 cm³/mol. The molecule has 192 valence electrons. The van der Waals surface area contributed by atoms with Crippen LogP contribution >= 0.6 is 0 Å². The molecule has 0 nitrogen and oxygen atoms in total. The zero-order chi connectivity index (χ0) is 26.2. The zero-order valence-corrected chi connectivity index (χ0v) is 23.6. The summed E-state index contributed by atoms with van der Waals surface area (Å²) in [6.45, 7) is 9.29. The van der Waals surface area contributed by atoms with E-state index < -0.39 is 0 Å². The molecule has 0 aromatic heterocycles. The second-order valence-electron chi connectivity index (χ2n) is 11.7. The standard InChI is InChI=1S/C38H40/c1-25-31-7-5-8-32(25)14-18-36-22-29(21-35(17-13-31)27(36)3)11-12-30-23-37-19-15-33-9-6-10-34(26(33)2)16-20-38(24-30)28(37)4/h5-12,21-24H,13-20H2,1-4H3/b12-11+. The van der Waals surface area contributed by atoms with Gasteiger partial charge in [0.1, 0.15) is 0 Å². The largest absolute Gasteiger partial charge is 0.0617 e. The quantitative estimate of drug-likeness (QED) is 0.243. The van der Waals surface area contributed by atoms with Crippen LogP contribution in [0, 0.1) is 27.7 Å². The molecule has 0 amide bonds. The Morgan fingerprint density at radius 2 is 0.605 bits per heavy atom. The second kappa shape index (κ2) is 10.4. The molecule has 0 aliphatic heterocycles. The lowest BCUT2D eigenvalue weighted by Crippen LogP contribution is -2.06. The van der Waals surface area contributed by atoms with Crippen LogP contribution in [-0.2, 0) is 51.4 Å². The summed E-state index contributed by atoms with van der Waals surface area (Å²) in [6.07, 6.45) is 13.7. The molecule has 0 N–H and O–H groups in total. The van der Waals surface area contributed by atoms with Crippen LogP contribution in [0.25, 0.3) is 12.2 Å². The molecule has 6 rings (SSSR count). The molecule has 0 heterocycles. The molecule has 0 atom stereocenters. The summed E-state index contributed by atoms with van der Waals surface area (Å²) in [4.78, 5) is 0. The lowest BCUT2D eigenvalue weighted by molar-refractivity contribution is 0.873. The summed E-state index contributed by atoms with van der Waals surface area (Å²) in [5.41, 5.74) is 20.8. The van der Waals surface area contributed by atoms with Gasteiger partial charge in [0.25, 0.3) is 0 Å². The van der Waals surface area contributed by atoms with E-state index in [0.29, 0.717) is 0 Å². The first kappa shape index (κ1) is 24.9. The molecular formula is C38H40. The van der Waals surface area contributed by atoms with Crippen molar-refractivity contribution in [2.75, 3.05) is 0 Å². The summed E-state index contributed by atoms with van der Waals surface area (Å²) in [7, 11) is 0. The van der Waals surface area contributed by atoms with Gasteiger partial charge in [-0.1, -0.05) is 72.8 Å². The number of aryl methyl sites for hydroxylation is 8. The average Bonchev–Trinajstić information content (AvgIpc) is 2.91. The lowest BCUT2D eigenvalue weighted by atomic mass is 9.86. The van der Waals surface area contributed by atoms with Crippen molar-refractivity contribution in [1.82, 2.24) is 0 Å². The second-order valence-corrected chi connectivity index (χ2v) is 11.7. The smallest absolute Gasteiger partial charge is 0.0235 e. The van der Waals surface area contributed by atoms with Crippen LogP contribution in [0.1, 0.15) is 77.9 Å². The molecule has 0 fully saturated rings. The third-order valence-corrected chi connectivity index (χ3v) is 9.53. The van der Waals surface area contributed by atoms with Crippen LogP contribution in [-0.4, -0.2) is 0 Å². The molecular weight excluding hydrogens is 456 g/mol. The fourth-order valence-corrected chi connectivity index (χ4v) is 6.79. The van der Waals surface area contributed by atoms with Crippen LogP contribution in [0.2, 0.25) is 0 Å². The SMILES string of the molecule is Cc1c2cccc1CCc1cc(/C=C/c3cc4c(C)c(c3)CCc3cccc(c3C)CC4)cc(c1C)CC2. The van der Waals surface area contributed by atoms with Crippen molar-refractivity contribution in [2.45, 2.75) is 79.1 Å². The topological polar surface area (TPSA) is 0 Å². The van der Waals surface area contributed by atoms with E-state index >= 15 is 0 Å². The van der Waals surface area contributed by atoms with Gasteiger partial charge < -0.3 is 0 Å². The summed E-state index contributed by atoms with van der Waals surface area (Å²) >= 11 is 0. The average molecular weight is 497 g/mol. The van der Waals surface area contributed by atoms with Gasteiger partial charge in [-0.05, 0) is 157 Å². The van der Waals surface area contributed by atoms with E-state index in [-0.39, 0.29) is 0 Å². The van der Waals surface area contributed by atoms with Crippen molar-refractivity contribution in [1.29, 1.82) is 0 Å². The minimum Gasteiger partial charge on any atom is -0.0617 e. The van der Waals surface area contributed by atoms with Crippen molar-refractivity contribution in [3.05, 3.63) is 139 Å². The van der Waals surface area contributed by atoms with E-state index in [1.54, 1.807) is 0 Å². The monoisotopic (exact) mass is 496 g/mol. The highest BCUT2D eigenvalue weighted by Crippen LogP contribution is 2.28. The molecule has 4 aromatic carbocycles. The Hall–Kier alpha value is -3.38. The van der Waals surface area contributed by atoms with E-state index in [2.05, 4.69) is 101 Å². The highest BCUT2D eigenvalue weighted by Gasteiger charge is 2.14. The first-order chi connectivity index (χ1) is 18.5. The van der Waals surface area contributed by atoms with Gasteiger partial charge in [-0.3, -0.25) is 0 Å². The van der Waals surface area contributed by atoms with Crippen molar-refractivity contribution in [2.24, 2.45) is 0 Å². The Balaban J connectivity index is 1.31. The molecule has 0 spiro atoms. The normalized spacial score (nSPS) is 14.9. The Morgan fingerprint density at radius 3 is 0.895 bits per heavy atom. The first-order valence-corrected chi connectivity index (χ1v) is 14.5. The van der Waals surface area contributed by atoms with Crippen molar-refractivity contribution in [3.8, 4) is 0 Å². The summed E-state index contributed by atoms with van der Waals surface area (Å²) in [6, 6.07) is 23.6. The first-order valence-electron chi connectivity index (χ1n) is 14.5. The summed E-state index contributed by atoms with van der Waals surface area (Å²) in [5.74, 6) is 0. The number of hydrogen-bond acceptors (Lipinski definition) is 0. The van der Waals surface area contributed by atoms with Crippen LogP contribution in [0.15, 0.2) is 60.7 Å². The Bertz CT molecular complexity index is 1330. The van der Waals surface area contributed by atoms with E-state index in [0.717, 1.165) is 51.4 Å². The Labute approximate surface area is 229 Å². The molecule has 2 aliphatic carbocycles. The Morgan fingerprint density at radius 1 is 0.368 bits per heavy atom. The van der Waals surface area contributed by atoms with Gasteiger partial charge in [0, 0.05) is 0 Å². The maximum atomic E-state index is 2.44. The summed E-state index contributed by atoms with van der Waals surface area (Å²) in [5, 5.41) is 0. The molecule has 0 saturated heterocycles. The van der Waals surface area contributed by atoms with E-state index in [4.69, 9.17) is 0 Å². The third kappa shape index (κ3) is 4.90. The third-order valence-electron chi connectivity index (χ3n) is 9.53. The van der Waals surface area contributed by atoms with E-state index in [1.807, 2.05) is 0 Å². The van der Waals surface area contributed by atoms with Crippen LogP contribution in [0.3, 0.4) is 0 Å². The molecule has 4 aromatic rings. The van der Waals surface area contributed by atoms with Crippen molar-refractivity contribution >= 4 is 12.2 Å². The van der Waals surface area contributed by atoms with Gasteiger partial charge in [-0.25, -0.2) is 0 Å². The molecule has 8 bridgehead atoms. The van der Waals surface area contributed by atoms with Crippen molar-refractivity contribution in [3.63, 3.8) is 0 Å². The number of rotatable bonds is 2. The summed E-state index contributed by atoms with van der Waals surface area (Å²) < 4.78 is 0. The van der Waals surface area contributed by atoms with Gasteiger partial charge in [0.15, 0.2) is 0 Å². The molecule has 0 radical (unpaired) electrons. The number of fused-ring (bicyclic) bond motifs is 8. The molecule has 38 heavy (non-hydrogen) atoms. The highest BCUT2D eigenvalue weighted by atomic mass is 14.2. The fourth-order valence-electron chi connectivity index (χ4n) is 6.79. The van der Waals surface area contributed by atoms with E-state index in [9.17, 15) is 0 Å². The van der Waals surface area contributed by atoms with Gasteiger partial charge >= 0.3 is 0 Å². The lowest BCUT2D eigenvalue weighted by Gasteiger charge is -2.19. The number of hydrogen-bond donors (Lipinski definition) is 0. The predicted octanol–water partition coefficient (Wildman–Crippen LogP) is 8.86. The van der Waals surface area contributed by atoms with Gasteiger partial charge in [0.2, 0.25) is 0 Å². The van der Waals surface area contributed by atoms with Crippen LogP contribution in [0.4, 0.5) is 0 Å². The molecule has 0 saturated carbocycles. The molecule has 0 unspecified atom stereocenters. The van der Waals surface area contributed by atoms with Gasteiger partial charge in [-0.15, -0.1) is 0 Å². The molecule has 2 aliphatic rings. The van der Waals surface area contributed by atoms with Crippen LogP contribution < -0.4 is 0 Å². The van der Waals surface area contributed by atoms with Crippen LogP contribution in [0.5, 0.6) is 0 Å². The van der Waals surface area contributed by atoms with Gasteiger partial charge in [-0.2, -0.15) is 0 Å². The maximum Gasteiger partial charge on any atom is -0.0235 e. The Kier molecular flexibility index (Phi) is 6.83. The highest BCUT2D eigenvalue weighted by molar-refractivity contribution is 5.72. The minimum atomic E-state index is 1.11. The zero-order valence-electron chi connectivity index (χ0n) is 23.6. The van der Waals surface area contributed by atoms with Gasteiger partial charge in [0.05, 0.1) is 0 Å². The van der Waals surface area contributed by atoms with E-state index in [1.165, 1.54) is 77.9 Å². The number of benzene rings is 4.